The van der Waals surface area contributed by atoms with E-state index in [1.165, 1.54) is 0 Å². The Balaban J connectivity index is 1.90. The minimum Gasteiger partial charge on any atom is -0.481 e. The largest absolute Gasteiger partial charge is 0.481 e. The van der Waals surface area contributed by atoms with E-state index in [2.05, 4.69) is 5.32 Å². The number of carboxylic acid groups (broad SMARTS) is 1. The molecule has 0 aromatic carbocycles. The van der Waals surface area contributed by atoms with Crippen LogP contribution in [0.2, 0.25) is 0 Å². The number of rotatable bonds is 3. The molecule has 102 valence electrons. The predicted molar refractivity (Wildman–Crippen MR) is 67.8 cm³/mol. The molecular formula is C11H18N2O4S. The van der Waals surface area contributed by atoms with Crippen molar-refractivity contribution in [2.24, 2.45) is 0 Å². The van der Waals surface area contributed by atoms with Crippen molar-refractivity contribution in [3.8, 4) is 0 Å². The highest BCUT2D eigenvalue weighted by Crippen LogP contribution is 2.18. The maximum atomic E-state index is 12.1. The smallest absolute Gasteiger partial charge is 0.318 e. The van der Waals surface area contributed by atoms with Crippen LogP contribution in [-0.2, 0) is 9.53 Å². The molecule has 6 nitrogen and oxygen atoms in total. The van der Waals surface area contributed by atoms with Crippen LogP contribution in [0.1, 0.15) is 12.8 Å². The van der Waals surface area contributed by atoms with Crippen molar-refractivity contribution in [3.63, 3.8) is 0 Å². The fourth-order valence-corrected chi connectivity index (χ4v) is 3.35. The lowest BCUT2D eigenvalue weighted by Crippen LogP contribution is -2.54. The molecule has 2 saturated heterocycles. The summed E-state index contributed by atoms with van der Waals surface area (Å²) in [5.74, 6) is 1.12. The van der Waals surface area contributed by atoms with Crippen LogP contribution in [0.3, 0.4) is 0 Å². The van der Waals surface area contributed by atoms with E-state index in [-0.39, 0.29) is 24.5 Å². The van der Waals surface area contributed by atoms with E-state index < -0.39 is 5.97 Å². The van der Waals surface area contributed by atoms with E-state index >= 15 is 0 Å². The van der Waals surface area contributed by atoms with Gasteiger partial charge < -0.3 is 20.1 Å². The Bertz CT molecular complexity index is 320. The molecule has 7 heteroatoms. The summed E-state index contributed by atoms with van der Waals surface area (Å²) in [6, 6.07) is -0.293. The number of thioether (sulfide) groups is 1. The topological polar surface area (TPSA) is 78.9 Å². The second-order valence-electron chi connectivity index (χ2n) is 4.53. The van der Waals surface area contributed by atoms with E-state index in [0.717, 1.165) is 17.9 Å². The lowest BCUT2D eigenvalue weighted by molar-refractivity contribution is -0.139. The number of nitrogens with one attached hydrogen (secondary N) is 1. The van der Waals surface area contributed by atoms with Crippen molar-refractivity contribution in [3.05, 3.63) is 0 Å². The third-order valence-electron chi connectivity index (χ3n) is 3.16. The molecule has 0 radical (unpaired) electrons. The number of carbonyl (C=O) groups excluding carboxylic acids is 1. The summed E-state index contributed by atoms with van der Waals surface area (Å²) >= 11 is 1.83. The minimum atomic E-state index is -0.903. The second kappa shape index (κ2) is 6.29. The maximum absolute atomic E-state index is 12.1. The van der Waals surface area contributed by atoms with Crippen molar-refractivity contribution >= 4 is 23.8 Å². The fourth-order valence-electron chi connectivity index (χ4n) is 2.20. The van der Waals surface area contributed by atoms with Crippen molar-refractivity contribution in [2.45, 2.75) is 24.9 Å². The molecule has 2 aliphatic heterocycles. The first-order chi connectivity index (χ1) is 8.66. The van der Waals surface area contributed by atoms with E-state index in [4.69, 9.17) is 9.84 Å². The molecular weight excluding hydrogens is 256 g/mol. The van der Waals surface area contributed by atoms with Gasteiger partial charge in [-0.15, -0.1) is 0 Å². The minimum absolute atomic E-state index is 0.0627. The summed E-state index contributed by atoms with van der Waals surface area (Å²) in [5, 5.41) is 11.8. The molecule has 0 aromatic heterocycles. The molecule has 2 heterocycles. The highest BCUT2D eigenvalue weighted by molar-refractivity contribution is 7.99. The van der Waals surface area contributed by atoms with Gasteiger partial charge in [-0.1, -0.05) is 0 Å². The van der Waals surface area contributed by atoms with Gasteiger partial charge in [-0.3, -0.25) is 4.79 Å². The van der Waals surface area contributed by atoms with Crippen LogP contribution < -0.4 is 5.32 Å². The highest BCUT2D eigenvalue weighted by atomic mass is 32.2. The van der Waals surface area contributed by atoms with Crippen LogP contribution in [-0.4, -0.2) is 65.4 Å². The van der Waals surface area contributed by atoms with Gasteiger partial charge in [0.1, 0.15) is 0 Å². The lowest BCUT2D eigenvalue weighted by atomic mass is 10.1. The molecule has 0 aliphatic carbocycles. The predicted octanol–water partition coefficient (Wildman–Crippen LogP) is 0.377. The van der Waals surface area contributed by atoms with Crippen LogP contribution in [0.15, 0.2) is 0 Å². The summed E-state index contributed by atoms with van der Waals surface area (Å²) in [4.78, 5) is 24.5. The van der Waals surface area contributed by atoms with Gasteiger partial charge in [0.05, 0.1) is 25.7 Å². The number of nitrogens with zero attached hydrogens (tertiary/aromatic N) is 1. The monoisotopic (exact) mass is 274 g/mol. The summed E-state index contributed by atoms with van der Waals surface area (Å²) in [7, 11) is 0. The van der Waals surface area contributed by atoms with Crippen LogP contribution in [0.25, 0.3) is 0 Å². The molecule has 2 fully saturated rings. The molecule has 0 spiro atoms. The van der Waals surface area contributed by atoms with Crippen LogP contribution in [0.4, 0.5) is 4.79 Å². The fraction of sp³-hybridized carbons (Fsp3) is 0.818. The van der Waals surface area contributed by atoms with E-state index in [1.807, 2.05) is 11.8 Å². The second-order valence-corrected chi connectivity index (χ2v) is 5.68. The van der Waals surface area contributed by atoms with E-state index in [1.54, 1.807) is 4.90 Å². The first-order valence-electron chi connectivity index (χ1n) is 6.11. The normalized spacial score (nSPS) is 28.1. The number of ether oxygens (including phenoxy) is 1. The van der Waals surface area contributed by atoms with Crippen molar-refractivity contribution in [2.75, 3.05) is 31.3 Å². The molecule has 2 aliphatic rings. The number of hydrogen-bond acceptors (Lipinski definition) is 4. The van der Waals surface area contributed by atoms with Crippen molar-refractivity contribution < 1.29 is 19.4 Å². The summed E-state index contributed by atoms with van der Waals surface area (Å²) in [6.07, 6.45) is 0.928. The van der Waals surface area contributed by atoms with E-state index in [9.17, 15) is 9.59 Å². The third-order valence-corrected chi connectivity index (χ3v) is 4.32. The van der Waals surface area contributed by atoms with Gasteiger partial charge in [-0.05, 0) is 12.2 Å². The Hall–Kier alpha value is -0.950. The molecule has 0 bridgehead atoms. The first-order valence-corrected chi connectivity index (χ1v) is 7.26. The first kappa shape index (κ1) is 13.5. The SMILES string of the molecule is O=C(O)CC1COCCN1C(=O)NC1CCSC1. The van der Waals surface area contributed by atoms with Gasteiger partial charge in [0, 0.05) is 18.3 Å². The Morgan fingerprint density at radius 2 is 2.33 bits per heavy atom. The zero-order valence-corrected chi connectivity index (χ0v) is 10.9. The molecule has 2 N–H and O–H groups in total. The van der Waals surface area contributed by atoms with Crippen LogP contribution in [0, 0.1) is 0 Å². The maximum Gasteiger partial charge on any atom is 0.318 e. The standard InChI is InChI=1S/C11H18N2O4S/c14-10(15)5-9-6-17-3-2-13(9)11(16)12-8-1-4-18-7-8/h8-9H,1-7H2,(H,12,16)(H,14,15). The Morgan fingerprint density at radius 1 is 1.50 bits per heavy atom. The number of urea groups is 1. The number of hydrogen-bond donors (Lipinski definition) is 2. The number of morpholine rings is 1. The van der Waals surface area contributed by atoms with Crippen LogP contribution >= 0.6 is 11.8 Å². The van der Waals surface area contributed by atoms with Gasteiger partial charge in [-0.25, -0.2) is 4.79 Å². The van der Waals surface area contributed by atoms with E-state index in [0.29, 0.717) is 19.8 Å². The number of carboxylic acids is 1. The molecule has 2 amide bonds. The molecule has 18 heavy (non-hydrogen) atoms. The zero-order chi connectivity index (χ0) is 13.0. The molecule has 2 unspecified atom stereocenters. The average Bonchev–Trinajstić information content (AvgIpc) is 2.81. The van der Waals surface area contributed by atoms with Crippen LogP contribution in [0.5, 0.6) is 0 Å². The number of amides is 2. The molecule has 2 rings (SSSR count). The van der Waals surface area contributed by atoms with Crippen molar-refractivity contribution in [1.29, 1.82) is 0 Å². The van der Waals surface area contributed by atoms with Gasteiger partial charge in [0.15, 0.2) is 0 Å². The molecule has 0 saturated carbocycles. The van der Waals surface area contributed by atoms with Crippen molar-refractivity contribution in [1.82, 2.24) is 10.2 Å². The quantitative estimate of drug-likeness (QED) is 0.777. The molecule has 2 atom stereocenters. The van der Waals surface area contributed by atoms with Gasteiger partial charge >= 0.3 is 12.0 Å². The summed E-state index contributed by atoms with van der Waals surface area (Å²) in [5.41, 5.74) is 0. The number of aliphatic carboxylic acids is 1. The Morgan fingerprint density at radius 3 is 3.00 bits per heavy atom. The van der Waals surface area contributed by atoms with Gasteiger partial charge in [-0.2, -0.15) is 11.8 Å². The summed E-state index contributed by atoms with van der Waals surface area (Å²) < 4.78 is 5.24. The zero-order valence-electron chi connectivity index (χ0n) is 10.1. The van der Waals surface area contributed by atoms with Gasteiger partial charge in [0.25, 0.3) is 0 Å². The average molecular weight is 274 g/mol. The summed E-state index contributed by atoms with van der Waals surface area (Å²) in [6.45, 7) is 1.24. The Kier molecular flexibility index (Phi) is 4.71. The van der Waals surface area contributed by atoms with Gasteiger partial charge in [0.2, 0.25) is 0 Å². The number of carbonyl (C=O) groups is 2. The Labute approximate surface area is 110 Å². The highest BCUT2D eigenvalue weighted by Gasteiger charge is 2.30. The third kappa shape index (κ3) is 3.52. The molecule has 0 aromatic rings. The lowest BCUT2D eigenvalue weighted by Gasteiger charge is -2.35.